The van der Waals surface area contributed by atoms with Crippen molar-refractivity contribution in [2.45, 2.75) is 31.9 Å². The van der Waals surface area contributed by atoms with Crippen molar-refractivity contribution < 1.29 is 23.0 Å². The average Bonchev–Trinajstić information content (AvgIpc) is 3.35. The Morgan fingerprint density at radius 1 is 0.974 bits per heavy atom. The minimum atomic E-state index is -0.554. The van der Waals surface area contributed by atoms with Crippen molar-refractivity contribution in [2.75, 3.05) is 56.3 Å². The zero-order valence-electron chi connectivity index (χ0n) is 21.0. The number of hydrogen-bond acceptors (Lipinski definition) is 9. The van der Waals surface area contributed by atoms with E-state index in [9.17, 15) is 0 Å². The largest absolute Gasteiger partial charge is 0.474 e. The van der Waals surface area contributed by atoms with Gasteiger partial charge in [-0.05, 0) is 24.6 Å². The molecule has 3 aliphatic rings. The van der Waals surface area contributed by atoms with E-state index in [4.69, 9.17) is 14.2 Å². The molecular weight excluding hydrogens is 494 g/mol. The highest BCUT2D eigenvalue weighted by Gasteiger charge is 2.26. The Balaban J connectivity index is 1.18. The van der Waals surface area contributed by atoms with E-state index >= 15 is 8.78 Å². The first-order valence-electron chi connectivity index (χ1n) is 13.0. The Kier molecular flexibility index (Phi) is 7.30. The highest BCUT2D eigenvalue weighted by molar-refractivity contribution is 5.68. The van der Waals surface area contributed by atoms with Gasteiger partial charge < -0.3 is 24.4 Å². The molecule has 0 atom stereocenters. The lowest BCUT2D eigenvalue weighted by Crippen LogP contribution is -2.36. The normalized spacial score (nSPS) is 18.4. The lowest BCUT2D eigenvalue weighted by Gasteiger charge is -2.27. The van der Waals surface area contributed by atoms with Crippen LogP contribution in [-0.2, 0) is 22.4 Å². The molecule has 0 bridgehead atoms. The van der Waals surface area contributed by atoms with Crippen molar-refractivity contribution in [3.05, 3.63) is 59.4 Å². The van der Waals surface area contributed by atoms with Crippen LogP contribution in [0.15, 0.2) is 36.7 Å². The van der Waals surface area contributed by atoms with E-state index in [1.165, 1.54) is 12.1 Å². The Morgan fingerprint density at radius 3 is 2.53 bits per heavy atom. The molecule has 200 valence electrons. The second-order valence-electron chi connectivity index (χ2n) is 9.66. The molecule has 2 saturated heterocycles. The first-order valence-corrected chi connectivity index (χ1v) is 13.0. The smallest absolute Gasteiger partial charge is 0.229 e. The summed E-state index contributed by atoms with van der Waals surface area (Å²) in [5, 5.41) is 3.20. The maximum absolute atomic E-state index is 15.1. The minimum absolute atomic E-state index is 0.0802. The van der Waals surface area contributed by atoms with Crippen LogP contribution in [0, 0.1) is 11.6 Å². The van der Waals surface area contributed by atoms with Crippen LogP contribution in [0.1, 0.15) is 24.0 Å². The third-order valence-electron chi connectivity index (χ3n) is 7.07. The van der Waals surface area contributed by atoms with E-state index in [0.717, 1.165) is 24.1 Å². The molecule has 2 fully saturated rings. The molecule has 3 aromatic rings. The molecule has 9 nitrogen and oxygen atoms in total. The fourth-order valence-corrected chi connectivity index (χ4v) is 4.98. The van der Waals surface area contributed by atoms with Gasteiger partial charge in [0, 0.05) is 80.0 Å². The highest BCUT2D eigenvalue weighted by Crippen LogP contribution is 2.35. The lowest BCUT2D eigenvalue weighted by atomic mass is 10.1. The van der Waals surface area contributed by atoms with Crippen LogP contribution in [0.5, 0.6) is 5.88 Å². The first kappa shape index (κ1) is 24.9. The summed E-state index contributed by atoms with van der Waals surface area (Å²) in [7, 11) is 0. The summed E-state index contributed by atoms with van der Waals surface area (Å²) in [6, 6.07) is 6.41. The van der Waals surface area contributed by atoms with Crippen molar-refractivity contribution in [3.8, 4) is 5.88 Å². The summed E-state index contributed by atoms with van der Waals surface area (Å²) in [4.78, 5) is 17.3. The van der Waals surface area contributed by atoms with E-state index in [-0.39, 0.29) is 18.2 Å². The summed E-state index contributed by atoms with van der Waals surface area (Å²) in [5.74, 6) is 0.425. The van der Waals surface area contributed by atoms with E-state index in [1.807, 2.05) is 21.9 Å². The van der Waals surface area contributed by atoms with Crippen molar-refractivity contribution in [2.24, 2.45) is 0 Å². The van der Waals surface area contributed by atoms with Crippen LogP contribution >= 0.6 is 0 Å². The number of pyridine rings is 1. The second-order valence-corrected chi connectivity index (χ2v) is 9.66. The zero-order valence-corrected chi connectivity index (χ0v) is 21.0. The van der Waals surface area contributed by atoms with E-state index in [1.54, 1.807) is 12.4 Å². The fourth-order valence-electron chi connectivity index (χ4n) is 4.98. The number of rotatable bonds is 7. The predicted octanol–water partition coefficient (Wildman–Crippen LogP) is 3.98. The molecule has 0 radical (unpaired) electrons. The molecule has 0 saturated carbocycles. The van der Waals surface area contributed by atoms with Crippen LogP contribution < -0.4 is 15.0 Å². The van der Waals surface area contributed by atoms with Gasteiger partial charge in [0.05, 0.1) is 26.4 Å². The summed E-state index contributed by atoms with van der Waals surface area (Å²) in [6.07, 6.45) is 5.85. The van der Waals surface area contributed by atoms with Gasteiger partial charge in [-0.25, -0.2) is 18.7 Å². The van der Waals surface area contributed by atoms with E-state index in [2.05, 4.69) is 20.3 Å². The van der Waals surface area contributed by atoms with Gasteiger partial charge in [0.2, 0.25) is 11.8 Å². The molecule has 0 unspecified atom stereocenters. The topological polar surface area (TPSA) is 84.9 Å². The number of benzene rings is 1. The number of anilines is 4. The lowest BCUT2D eigenvalue weighted by molar-refractivity contribution is 0.0238. The maximum atomic E-state index is 15.1. The molecule has 5 heterocycles. The molecule has 1 aromatic carbocycles. The van der Waals surface area contributed by atoms with Gasteiger partial charge >= 0.3 is 0 Å². The average molecular weight is 525 g/mol. The third-order valence-corrected chi connectivity index (χ3v) is 7.07. The number of hydrogen-bond donors (Lipinski definition) is 1. The molecule has 0 amide bonds. The van der Waals surface area contributed by atoms with Crippen molar-refractivity contribution in [1.82, 2.24) is 19.9 Å². The molecule has 38 heavy (non-hydrogen) atoms. The van der Waals surface area contributed by atoms with Gasteiger partial charge in [-0.3, -0.25) is 4.90 Å². The van der Waals surface area contributed by atoms with Crippen LogP contribution in [0.3, 0.4) is 0 Å². The van der Waals surface area contributed by atoms with Crippen LogP contribution in [0.25, 0.3) is 0 Å². The minimum Gasteiger partial charge on any atom is -0.474 e. The Morgan fingerprint density at radius 2 is 1.74 bits per heavy atom. The molecule has 0 spiro atoms. The zero-order chi connectivity index (χ0) is 25.9. The number of nitrogens with zero attached hydrogens (tertiary/aromatic N) is 5. The van der Waals surface area contributed by atoms with E-state index in [0.29, 0.717) is 75.8 Å². The number of ether oxygens (including phenoxy) is 3. The number of nitrogens with one attached hydrogen (secondary N) is 1. The summed E-state index contributed by atoms with van der Waals surface area (Å²) < 4.78 is 46.9. The number of aromatic nitrogens is 3. The molecule has 2 aromatic heterocycles. The molecule has 0 aliphatic carbocycles. The number of morpholine rings is 1. The van der Waals surface area contributed by atoms with Gasteiger partial charge in [0.25, 0.3) is 0 Å². The van der Waals surface area contributed by atoms with Gasteiger partial charge in [0.15, 0.2) is 0 Å². The molecule has 11 heteroatoms. The van der Waals surface area contributed by atoms with Crippen molar-refractivity contribution >= 4 is 23.1 Å². The third kappa shape index (κ3) is 5.54. The fraction of sp³-hybridized carbons (Fsp3) is 0.444. The Hall–Kier alpha value is -3.41. The van der Waals surface area contributed by atoms with Gasteiger partial charge in [-0.15, -0.1) is 0 Å². The highest BCUT2D eigenvalue weighted by atomic mass is 19.1. The first-order chi connectivity index (χ1) is 18.6. The summed E-state index contributed by atoms with van der Waals surface area (Å²) >= 11 is 0. The molecule has 6 rings (SSSR count). The quantitative estimate of drug-likeness (QED) is 0.493. The van der Waals surface area contributed by atoms with Crippen LogP contribution in [0.2, 0.25) is 0 Å². The van der Waals surface area contributed by atoms with Crippen LogP contribution in [-0.4, -0.2) is 72.0 Å². The monoisotopic (exact) mass is 524 g/mol. The van der Waals surface area contributed by atoms with Gasteiger partial charge in [-0.1, -0.05) is 0 Å². The number of halogens is 2. The van der Waals surface area contributed by atoms with Crippen molar-refractivity contribution in [3.63, 3.8) is 0 Å². The molecule has 1 N–H and O–H groups in total. The molecule has 3 aliphatic heterocycles. The Labute approximate surface area is 219 Å². The second kappa shape index (κ2) is 11.1. The number of fused-ring (bicyclic) bond motifs is 1. The molecular formula is C27H30F2N6O3. The summed E-state index contributed by atoms with van der Waals surface area (Å²) in [5.41, 5.74) is 2.17. The predicted molar refractivity (Wildman–Crippen MR) is 137 cm³/mol. The summed E-state index contributed by atoms with van der Waals surface area (Å²) in [6.45, 7) is 4.63. The van der Waals surface area contributed by atoms with Crippen LogP contribution in [0.4, 0.5) is 31.9 Å². The maximum Gasteiger partial charge on any atom is 0.229 e. The van der Waals surface area contributed by atoms with Crippen molar-refractivity contribution in [1.29, 1.82) is 0 Å². The Bertz CT molecular complexity index is 1260. The standard InChI is InChI=1S/C27H30F2N6O3/c28-23-14-20(15-24(29)22(23)17-34-7-11-37-12-8-34)35-6-2-18-16-31-27(33-26(18)35)32-19-1-5-30-25(13-19)38-21-3-9-36-10-4-21/h1,5,13-16,21H,2-4,6-12,17H2,(H,30,31,32,33). The SMILES string of the molecule is Fc1cc(N2CCc3cnc(Nc4ccnc(OC5CCOCC5)c4)nc32)cc(F)c1CN1CCOCC1. The van der Waals surface area contributed by atoms with Gasteiger partial charge in [0.1, 0.15) is 23.6 Å². The van der Waals surface area contributed by atoms with E-state index < -0.39 is 11.6 Å². The van der Waals surface area contributed by atoms with Gasteiger partial charge in [-0.2, -0.15) is 4.98 Å².